The Bertz CT molecular complexity index is 867. The van der Waals surface area contributed by atoms with Crippen LogP contribution in [0.1, 0.15) is 5.01 Å². The first kappa shape index (κ1) is 19.0. The van der Waals surface area contributed by atoms with Crippen molar-refractivity contribution in [3.63, 3.8) is 0 Å². The molecule has 1 aromatic heterocycles. The number of carbonyl (C=O) groups excluding carboxylic acids is 2. The predicted molar refractivity (Wildman–Crippen MR) is 105 cm³/mol. The fourth-order valence-corrected chi connectivity index (χ4v) is 4.79. The van der Waals surface area contributed by atoms with Crippen LogP contribution in [0.5, 0.6) is 11.5 Å². The number of ether oxygens (including phenoxy) is 2. The van der Waals surface area contributed by atoms with Crippen LogP contribution in [-0.2, 0) is 9.59 Å². The highest BCUT2D eigenvalue weighted by molar-refractivity contribution is 8.01. The zero-order chi connectivity index (χ0) is 19.5. The summed E-state index contributed by atoms with van der Waals surface area (Å²) in [6.45, 7) is 4.12. The zero-order valence-corrected chi connectivity index (χ0v) is 17.0. The third-order valence-corrected chi connectivity index (χ3v) is 6.51. The standard InChI is InChI=1S/C18H20N4O4S2/c1-12-19-20-18(28-12)27-11-16(23)21-6-8-22(9-7-21)17(24)15-10-25-13-4-2-3-5-14(13)26-15/h2-5,15H,6-11H2,1H3. The molecule has 148 valence electrons. The predicted octanol–water partition coefficient (Wildman–Crippen LogP) is 1.45. The summed E-state index contributed by atoms with van der Waals surface area (Å²) in [4.78, 5) is 28.7. The first-order valence-corrected chi connectivity index (χ1v) is 10.8. The fourth-order valence-electron chi connectivity index (χ4n) is 3.07. The summed E-state index contributed by atoms with van der Waals surface area (Å²) in [5.74, 6) is 1.53. The average molecular weight is 421 g/mol. The second-order valence-electron chi connectivity index (χ2n) is 6.45. The number of hydrogen-bond donors (Lipinski definition) is 0. The van der Waals surface area contributed by atoms with Crippen LogP contribution in [0.25, 0.3) is 0 Å². The van der Waals surface area contributed by atoms with E-state index < -0.39 is 6.10 Å². The molecular formula is C18H20N4O4S2. The summed E-state index contributed by atoms with van der Waals surface area (Å²) in [5, 5.41) is 8.86. The molecule has 3 heterocycles. The van der Waals surface area contributed by atoms with Gasteiger partial charge in [0.2, 0.25) is 12.0 Å². The molecule has 0 bridgehead atoms. The number of benzene rings is 1. The van der Waals surface area contributed by atoms with Crippen molar-refractivity contribution in [2.45, 2.75) is 17.4 Å². The molecule has 2 amide bonds. The number of piperazine rings is 1. The van der Waals surface area contributed by atoms with Gasteiger partial charge in [0.1, 0.15) is 11.6 Å². The van der Waals surface area contributed by atoms with Crippen molar-refractivity contribution in [2.75, 3.05) is 38.5 Å². The van der Waals surface area contributed by atoms with E-state index in [2.05, 4.69) is 10.2 Å². The van der Waals surface area contributed by atoms with Gasteiger partial charge in [0.25, 0.3) is 5.91 Å². The lowest BCUT2D eigenvalue weighted by atomic mass is 10.2. The first-order valence-electron chi connectivity index (χ1n) is 8.98. The molecule has 2 aromatic rings. The second kappa shape index (κ2) is 8.36. The van der Waals surface area contributed by atoms with E-state index in [0.717, 1.165) is 9.35 Å². The van der Waals surface area contributed by atoms with Gasteiger partial charge in [-0.25, -0.2) is 0 Å². The van der Waals surface area contributed by atoms with Crippen molar-refractivity contribution >= 4 is 34.9 Å². The van der Waals surface area contributed by atoms with E-state index in [1.165, 1.54) is 23.1 Å². The molecule has 0 spiro atoms. The maximum atomic E-state index is 12.8. The number of para-hydroxylation sites is 2. The lowest BCUT2D eigenvalue weighted by molar-refractivity contribution is -0.145. The van der Waals surface area contributed by atoms with Gasteiger partial charge >= 0.3 is 0 Å². The van der Waals surface area contributed by atoms with Gasteiger partial charge in [-0.2, -0.15) is 0 Å². The van der Waals surface area contributed by atoms with Gasteiger partial charge < -0.3 is 19.3 Å². The minimum atomic E-state index is -0.645. The lowest BCUT2D eigenvalue weighted by Crippen LogP contribution is -2.55. The normalized spacial score (nSPS) is 18.8. The Hall–Kier alpha value is -2.33. The number of aryl methyl sites for hydroxylation is 1. The van der Waals surface area contributed by atoms with Gasteiger partial charge in [0.05, 0.1) is 5.75 Å². The summed E-state index contributed by atoms with van der Waals surface area (Å²) < 4.78 is 12.2. The average Bonchev–Trinajstić information content (AvgIpc) is 3.16. The topological polar surface area (TPSA) is 84.9 Å². The Balaban J connectivity index is 1.26. The molecule has 1 aromatic carbocycles. The van der Waals surface area contributed by atoms with Gasteiger partial charge in [0, 0.05) is 26.2 Å². The van der Waals surface area contributed by atoms with Gasteiger partial charge in [-0.3, -0.25) is 9.59 Å². The molecule has 10 heteroatoms. The summed E-state index contributed by atoms with van der Waals surface area (Å²) in [7, 11) is 0. The molecule has 0 radical (unpaired) electrons. The molecule has 1 fully saturated rings. The van der Waals surface area contributed by atoms with Crippen molar-refractivity contribution in [3.8, 4) is 11.5 Å². The molecule has 8 nitrogen and oxygen atoms in total. The smallest absolute Gasteiger partial charge is 0.267 e. The Morgan fingerprint density at radius 3 is 2.57 bits per heavy atom. The van der Waals surface area contributed by atoms with E-state index >= 15 is 0 Å². The van der Waals surface area contributed by atoms with Gasteiger partial charge in [-0.05, 0) is 19.1 Å². The van der Waals surface area contributed by atoms with E-state index in [4.69, 9.17) is 9.47 Å². The maximum absolute atomic E-state index is 12.8. The van der Waals surface area contributed by atoms with Crippen LogP contribution >= 0.6 is 23.1 Å². The SMILES string of the molecule is Cc1nnc(SCC(=O)N2CCN(C(=O)C3COc4ccccc4O3)CC2)s1. The summed E-state index contributed by atoms with van der Waals surface area (Å²) in [5.41, 5.74) is 0. The number of fused-ring (bicyclic) bond motifs is 1. The molecule has 1 atom stereocenters. The van der Waals surface area contributed by atoms with Crippen molar-refractivity contribution in [1.29, 1.82) is 0 Å². The molecular weight excluding hydrogens is 400 g/mol. The summed E-state index contributed by atoms with van der Waals surface area (Å²) in [6, 6.07) is 7.33. The van der Waals surface area contributed by atoms with Crippen LogP contribution in [0.3, 0.4) is 0 Å². The van der Waals surface area contributed by atoms with Crippen molar-refractivity contribution in [1.82, 2.24) is 20.0 Å². The Morgan fingerprint density at radius 1 is 1.14 bits per heavy atom. The number of amides is 2. The molecule has 1 unspecified atom stereocenters. The van der Waals surface area contributed by atoms with Gasteiger partial charge in [0.15, 0.2) is 15.8 Å². The van der Waals surface area contributed by atoms with E-state index in [1.807, 2.05) is 25.1 Å². The monoisotopic (exact) mass is 420 g/mol. The highest BCUT2D eigenvalue weighted by Crippen LogP contribution is 2.31. The first-order chi connectivity index (χ1) is 13.6. The maximum Gasteiger partial charge on any atom is 0.267 e. The molecule has 1 saturated heterocycles. The quantitative estimate of drug-likeness (QED) is 0.692. The lowest BCUT2D eigenvalue weighted by Gasteiger charge is -2.37. The third kappa shape index (κ3) is 4.22. The van der Waals surface area contributed by atoms with E-state index in [1.54, 1.807) is 15.9 Å². The van der Waals surface area contributed by atoms with Crippen molar-refractivity contribution < 1.29 is 19.1 Å². The number of carbonyl (C=O) groups is 2. The highest BCUT2D eigenvalue weighted by atomic mass is 32.2. The largest absolute Gasteiger partial charge is 0.485 e. The van der Waals surface area contributed by atoms with E-state index in [0.29, 0.717) is 43.4 Å². The van der Waals surface area contributed by atoms with Gasteiger partial charge in [-0.15, -0.1) is 10.2 Å². The Labute approximate surface area is 170 Å². The Kier molecular flexibility index (Phi) is 5.67. The molecule has 0 aliphatic carbocycles. The Morgan fingerprint density at radius 2 is 1.86 bits per heavy atom. The molecule has 2 aliphatic heterocycles. The number of aromatic nitrogens is 2. The van der Waals surface area contributed by atoms with Crippen molar-refractivity contribution in [3.05, 3.63) is 29.3 Å². The summed E-state index contributed by atoms with van der Waals surface area (Å²) in [6.07, 6.45) is -0.645. The van der Waals surface area contributed by atoms with Crippen LogP contribution < -0.4 is 9.47 Å². The van der Waals surface area contributed by atoms with Gasteiger partial charge in [-0.1, -0.05) is 35.2 Å². The number of hydrogen-bond acceptors (Lipinski definition) is 8. The van der Waals surface area contributed by atoms with E-state index in [-0.39, 0.29) is 18.4 Å². The minimum Gasteiger partial charge on any atom is -0.485 e. The summed E-state index contributed by atoms with van der Waals surface area (Å²) >= 11 is 2.89. The van der Waals surface area contributed by atoms with Crippen LogP contribution in [-0.4, -0.2) is 76.5 Å². The minimum absolute atomic E-state index is 0.0520. The molecule has 28 heavy (non-hydrogen) atoms. The highest BCUT2D eigenvalue weighted by Gasteiger charge is 2.33. The zero-order valence-electron chi connectivity index (χ0n) is 15.4. The molecule has 0 N–H and O–H groups in total. The second-order valence-corrected chi connectivity index (χ2v) is 8.85. The van der Waals surface area contributed by atoms with Crippen LogP contribution in [0.2, 0.25) is 0 Å². The van der Waals surface area contributed by atoms with Crippen LogP contribution in [0, 0.1) is 6.92 Å². The van der Waals surface area contributed by atoms with E-state index in [9.17, 15) is 9.59 Å². The van der Waals surface area contributed by atoms with Crippen molar-refractivity contribution in [2.24, 2.45) is 0 Å². The third-order valence-electron chi connectivity index (χ3n) is 4.55. The van der Waals surface area contributed by atoms with Crippen LogP contribution in [0.4, 0.5) is 0 Å². The molecule has 4 rings (SSSR count). The molecule has 2 aliphatic rings. The fraction of sp³-hybridized carbons (Fsp3) is 0.444. The number of rotatable bonds is 4. The number of nitrogens with zero attached hydrogens (tertiary/aromatic N) is 4. The molecule has 0 saturated carbocycles. The number of thioether (sulfide) groups is 1. The van der Waals surface area contributed by atoms with Crippen LogP contribution in [0.15, 0.2) is 28.6 Å².